The van der Waals surface area contributed by atoms with Crippen molar-refractivity contribution in [3.63, 3.8) is 0 Å². The SMILES string of the molecule is CCC1CCCCC1Oc1ccc(C2C=N2)c(Cl)c1. The lowest BCUT2D eigenvalue weighted by atomic mass is 9.85. The van der Waals surface area contributed by atoms with E-state index in [2.05, 4.69) is 11.9 Å². The maximum absolute atomic E-state index is 6.29. The number of rotatable bonds is 4. The van der Waals surface area contributed by atoms with Gasteiger partial charge in [-0.3, -0.25) is 4.99 Å². The minimum atomic E-state index is 0.208. The minimum Gasteiger partial charge on any atom is -0.490 e. The first-order valence-electron chi connectivity index (χ1n) is 7.27. The number of benzene rings is 1. The lowest BCUT2D eigenvalue weighted by Crippen LogP contribution is -2.29. The van der Waals surface area contributed by atoms with Crippen LogP contribution in [0.5, 0.6) is 5.75 Å². The third-order valence-electron chi connectivity index (χ3n) is 4.24. The van der Waals surface area contributed by atoms with E-state index in [1.165, 1.54) is 32.1 Å². The van der Waals surface area contributed by atoms with Crippen LogP contribution in [0.4, 0.5) is 0 Å². The Bertz CT molecular complexity index is 480. The maximum Gasteiger partial charge on any atom is 0.121 e. The van der Waals surface area contributed by atoms with E-state index in [-0.39, 0.29) is 6.04 Å². The minimum absolute atomic E-state index is 0.208. The molecule has 0 aromatic heterocycles. The van der Waals surface area contributed by atoms with Crippen molar-refractivity contribution in [3.8, 4) is 5.75 Å². The Morgan fingerprint density at radius 1 is 1.32 bits per heavy atom. The molecule has 1 fully saturated rings. The first-order chi connectivity index (χ1) is 9.28. The van der Waals surface area contributed by atoms with Crippen LogP contribution in [0.2, 0.25) is 5.02 Å². The lowest BCUT2D eigenvalue weighted by Gasteiger charge is -2.31. The van der Waals surface area contributed by atoms with E-state index in [4.69, 9.17) is 16.3 Å². The number of hydrogen-bond donors (Lipinski definition) is 0. The molecule has 0 spiro atoms. The third kappa shape index (κ3) is 2.94. The highest BCUT2D eigenvalue weighted by Gasteiger charge is 2.26. The Morgan fingerprint density at radius 2 is 2.11 bits per heavy atom. The fraction of sp³-hybridized carbons (Fsp3) is 0.562. The Balaban J connectivity index is 1.70. The standard InChI is InChI=1S/C16H20ClNO/c1-2-11-5-3-4-6-16(11)19-12-7-8-13(14(17)9-12)15-10-18-15/h7-11,15-16H,2-6H2,1H3. The number of hydrogen-bond acceptors (Lipinski definition) is 2. The van der Waals surface area contributed by atoms with Gasteiger partial charge >= 0.3 is 0 Å². The topological polar surface area (TPSA) is 21.6 Å². The van der Waals surface area contributed by atoms with Gasteiger partial charge in [-0.25, -0.2) is 0 Å². The van der Waals surface area contributed by atoms with E-state index in [0.29, 0.717) is 12.0 Å². The molecule has 0 saturated heterocycles. The summed E-state index contributed by atoms with van der Waals surface area (Å²) in [4.78, 5) is 4.15. The van der Waals surface area contributed by atoms with Crippen LogP contribution in [0.25, 0.3) is 0 Å². The zero-order valence-corrected chi connectivity index (χ0v) is 12.1. The second kappa shape index (κ2) is 5.54. The summed E-state index contributed by atoms with van der Waals surface area (Å²) in [5, 5.41) is 0.767. The molecular weight excluding hydrogens is 258 g/mol. The van der Waals surface area contributed by atoms with Gasteiger partial charge in [-0.1, -0.05) is 31.0 Å². The van der Waals surface area contributed by atoms with Crippen molar-refractivity contribution in [3.05, 3.63) is 28.8 Å². The largest absolute Gasteiger partial charge is 0.490 e. The van der Waals surface area contributed by atoms with Crippen molar-refractivity contribution in [1.82, 2.24) is 0 Å². The number of aliphatic imine (C=N–C) groups is 1. The molecule has 3 rings (SSSR count). The summed E-state index contributed by atoms with van der Waals surface area (Å²) in [6.07, 6.45) is 8.56. The van der Waals surface area contributed by atoms with Crippen molar-refractivity contribution >= 4 is 17.8 Å². The fourth-order valence-electron chi connectivity index (χ4n) is 3.00. The molecule has 2 aliphatic rings. The highest BCUT2D eigenvalue weighted by atomic mass is 35.5. The second-order valence-electron chi connectivity index (χ2n) is 5.54. The molecule has 0 N–H and O–H groups in total. The summed E-state index contributed by atoms with van der Waals surface area (Å²) in [6, 6.07) is 6.23. The van der Waals surface area contributed by atoms with Gasteiger partial charge in [0.15, 0.2) is 0 Å². The van der Waals surface area contributed by atoms with Crippen molar-refractivity contribution < 1.29 is 4.74 Å². The third-order valence-corrected chi connectivity index (χ3v) is 4.57. The normalized spacial score (nSPS) is 29.3. The van der Waals surface area contributed by atoms with Crippen LogP contribution in [0.15, 0.2) is 23.2 Å². The smallest absolute Gasteiger partial charge is 0.121 e. The van der Waals surface area contributed by atoms with Crippen LogP contribution >= 0.6 is 11.6 Å². The van der Waals surface area contributed by atoms with Crippen LogP contribution in [-0.2, 0) is 0 Å². The first-order valence-corrected chi connectivity index (χ1v) is 7.65. The summed E-state index contributed by atoms with van der Waals surface area (Å²) in [6.45, 7) is 2.26. The Kier molecular flexibility index (Phi) is 3.79. The zero-order chi connectivity index (χ0) is 13.2. The summed E-state index contributed by atoms with van der Waals surface area (Å²) in [7, 11) is 0. The predicted octanol–water partition coefficient (Wildman–Crippen LogP) is 4.81. The van der Waals surface area contributed by atoms with E-state index in [1.54, 1.807) is 0 Å². The molecule has 3 heteroatoms. The van der Waals surface area contributed by atoms with Crippen molar-refractivity contribution in [2.45, 2.75) is 51.2 Å². The zero-order valence-electron chi connectivity index (χ0n) is 11.3. The molecule has 0 radical (unpaired) electrons. The van der Waals surface area contributed by atoms with E-state index in [9.17, 15) is 0 Å². The van der Waals surface area contributed by atoms with Crippen molar-refractivity contribution in [2.75, 3.05) is 0 Å². The van der Waals surface area contributed by atoms with Gasteiger partial charge < -0.3 is 4.74 Å². The highest BCUT2D eigenvalue weighted by Crippen LogP contribution is 2.35. The first kappa shape index (κ1) is 13.0. The maximum atomic E-state index is 6.29. The van der Waals surface area contributed by atoms with E-state index in [0.717, 1.165) is 16.3 Å². The Hall–Kier alpha value is -1.02. The Labute approximate surface area is 119 Å². The van der Waals surface area contributed by atoms with Crippen molar-refractivity contribution in [2.24, 2.45) is 10.9 Å². The monoisotopic (exact) mass is 277 g/mol. The van der Waals surface area contributed by atoms with Crippen LogP contribution < -0.4 is 4.74 Å². The molecule has 0 bridgehead atoms. The molecule has 1 aliphatic carbocycles. The number of ether oxygens (including phenoxy) is 1. The second-order valence-corrected chi connectivity index (χ2v) is 5.94. The van der Waals surface area contributed by atoms with Crippen LogP contribution in [-0.4, -0.2) is 12.3 Å². The van der Waals surface area contributed by atoms with Gasteiger partial charge in [0.2, 0.25) is 0 Å². The molecule has 102 valence electrons. The molecule has 3 atom stereocenters. The summed E-state index contributed by atoms with van der Waals surface area (Å²) in [5.74, 6) is 1.60. The van der Waals surface area contributed by atoms with Gasteiger partial charge in [0.1, 0.15) is 17.9 Å². The molecule has 1 aromatic rings. The van der Waals surface area contributed by atoms with Gasteiger partial charge in [-0.2, -0.15) is 0 Å². The van der Waals surface area contributed by atoms with Crippen LogP contribution in [0, 0.1) is 5.92 Å². The van der Waals surface area contributed by atoms with Gasteiger partial charge in [-0.05, 0) is 43.7 Å². The van der Waals surface area contributed by atoms with Crippen molar-refractivity contribution in [1.29, 1.82) is 0 Å². The summed E-state index contributed by atoms with van der Waals surface area (Å²) < 4.78 is 6.17. The highest BCUT2D eigenvalue weighted by molar-refractivity contribution is 6.31. The quantitative estimate of drug-likeness (QED) is 0.774. The van der Waals surface area contributed by atoms with Gasteiger partial charge in [0, 0.05) is 16.8 Å². The summed E-state index contributed by atoms with van der Waals surface area (Å²) in [5.41, 5.74) is 1.09. The molecule has 1 saturated carbocycles. The van der Waals surface area contributed by atoms with E-state index in [1.807, 2.05) is 24.4 Å². The lowest BCUT2D eigenvalue weighted by molar-refractivity contribution is 0.0904. The molecule has 3 unspecified atom stereocenters. The van der Waals surface area contributed by atoms with E-state index >= 15 is 0 Å². The molecular formula is C16H20ClNO. The molecule has 19 heavy (non-hydrogen) atoms. The molecule has 1 aliphatic heterocycles. The predicted molar refractivity (Wildman–Crippen MR) is 79.4 cm³/mol. The number of nitrogens with zero attached hydrogens (tertiary/aromatic N) is 1. The van der Waals surface area contributed by atoms with Crippen LogP contribution in [0.3, 0.4) is 0 Å². The van der Waals surface area contributed by atoms with Gasteiger partial charge in [-0.15, -0.1) is 0 Å². The number of halogens is 1. The summed E-state index contributed by atoms with van der Waals surface area (Å²) >= 11 is 6.29. The molecule has 2 nitrogen and oxygen atoms in total. The Morgan fingerprint density at radius 3 is 2.79 bits per heavy atom. The van der Waals surface area contributed by atoms with Gasteiger partial charge in [0.25, 0.3) is 0 Å². The average molecular weight is 278 g/mol. The molecule has 1 heterocycles. The van der Waals surface area contributed by atoms with Crippen LogP contribution in [0.1, 0.15) is 50.6 Å². The molecule has 1 aromatic carbocycles. The molecule has 0 amide bonds. The fourth-order valence-corrected chi connectivity index (χ4v) is 3.28. The average Bonchev–Trinajstić information content (AvgIpc) is 3.24. The van der Waals surface area contributed by atoms with Gasteiger partial charge in [0.05, 0.1) is 0 Å². The van der Waals surface area contributed by atoms with E-state index < -0.39 is 0 Å².